The Morgan fingerprint density at radius 2 is 2.05 bits per heavy atom. The average Bonchev–Trinajstić information content (AvgIpc) is 3.17. The van der Waals surface area contributed by atoms with Crippen molar-refractivity contribution in [2.24, 2.45) is 0 Å². The van der Waals surface area contributed by atoms with Crippen LogP contribution in [0.2, 0.25) is 0 Å². The lowest BCUT2D eigenvalue weighted by molar-refractivity contribution is 0.289. The molecule has 0 radical (unpaired) electrons. The van der Waals surface area contributed by atoms with E-state index in [4.69, 9.17) is 0 Å². The van der Waals surface area contributed by atoms with Gasteiger partial charge in [0.25, 0.3) is 0 Å². The van der Waals surface area contributed by atoms with Gasteiger partial charge in [0.15, 0.2) is 0 Å². The summed E-state index contributed by atoms with van der Waals surface area (Å²) in [6.07, 6.45) is 2.72. The van der Waals surface area contributed by atoms with Gasteiger partial charge in [-0.2, -0.15) is 0 Å². The van der Waals surface area contributed by atoms with E-state index < -0.39 is 0 Å². The van der Waals surface area contributed by atoms with Crippen molar-refractivity contribution < 1.29 is 0 Å². The van der Waals surface area contributed by atoms with Crippen molar-refractivity contribution in [3.05, 3.63) is 16.5 Å². The predicted molar refractivity (Wildman–Crippen MR) is 87.2 cm³/mol. The van der Waals surface area contributed by atoms with Gasteiger partial charge in [-0.25, -0.2) is 9.97 Å². The van der Waals surface area contributed by atoms with E-state index in [1.54, 1.807) is 0 Å². The molecule has 5 heteroatoms. The molecule has 0 amide bonds. The summed E-state index contributed by atoms with van der Waals surface area (Å²) in [4.78, 5) is 11.6. The maximum absolute atomic E-state index is 4.62. The van der Waals surface area contributed by atoms with Crippen LogP contribution in [0.25, 0.3) is 0 Å². The topological polar surface area (TPSA) is 41.0 Å². The van der Waals surface area contributed by atoms with Gasteiger partial charge in [0.05, 0.1) is 0 Å². The van der Waals surface area contributed by atoms with E-state index in [9.17, 15) is 0 Å². The molecule has 1 fully saturated rings. The summed E-state index contributed by atoms with van der Waals surface area (Å²) in [5, 5.41) is 3.42. The monoisotopic (exact) mass is 340 g/mol. The quantitative estimate of drug-likeness (QED) is 0.805. The second-order valence-electron chi connectivity index (χ2n) is 6.44. The SMILES string of the molecule is CCN(CCNc1cc(Br)nc(C(C)(C)C)n1)C1CC1. The maximum atomic E-state index is 4.62. The highest BCUT2D eigenvalue weighted by Crippen LogP contribution is 2.26. The zero-order valence-corrected chi connectivity index (χ0v) is 14.5. The standard InChI is InChI=1S/C15H25BrN4/c1-5-20(11-6-7-11)9-8-17-13-10-12(16)18-14(19-13)15(2,3)4/h10-11H,5-9H2,1-4H3,(H,17,18,19). The van der Waals surface area contributed by atoms with Gasteiger partial charge in [-0.05, 0) is 35.3 Å². The fraction of sp³-hybridized carbons (Fsp3) is 0.733. The Morgan fingerprint density at radius 1 is 1.35 bits per heavy atom. The number of nitrogens with zero attached hydrogens (tertiary/aromatic N) is 3. The summed E-state index contributed by atoms with van der Waals surface area (Å²) in [7, 11) is 0. The average molecular weight is 341 g/mol. The Morgan fingerprint density at radius 3 is 2.60 bits per heavy atom. The molecule has 2 rings (SSSR count). The van der Waals surface area contributed by atoms with Crippen LogP contribution in [-0.4, -0.2) is 40.5 Å². The van der Waals surface area contributed by atoms with E-state index in [0.29, 0.717) is 0 Å². The molecule has 1 aromatic heterocycles. The van der Waals surface area contributed by atoms with Gasteiger partial charge in [-0.3, -0.25) is 4.90 Å². The van der Waals surface area contributed by atoms with E-state index >= 15 is 0 Å². The number of nitrogens with one attached hydrogen (secondary N) is 1. The lowest BCUT2D eigenvalue weighted by Gasteiger charge is -2.21. The molecule has 0 aromatic carbocycles. The number of aromatic nitrogens is 2. The van der Waals surface area contributed by atoms with E-state index in [1.807, 2.05) is 6.07 Å². The van der Waals surface area contributed by atoms with Crippen LogP contribution in [0.15, 0.2) is 10.7 Å². The molecule has 1 aliphatic rings. The fourth-order valence-electron chi connectivity index (χ4n) is 2.21. The Kier molecular flexibility index (Phi) is 5.02. The molecule has 20 heavy (non-hydrogen) atoms. The van der Waals surface area contributed by atoms with Crippen LogP contribution in [0.1, 0.15) is 46.4 Å². The molecule has 1 aromatic rings. The van der Waals surface area contributed by atoms with Crippen LogP contribution in [-0.2, 0) is 5.41 Å². The highest BCUT2D eigenvalue weighted by atomic mass is 79.9. The van der Waals surface area contributed by atoms with E-state index in [1.165, 1.54) is 12.8 Å². The Balaban J connectivity index is 1.93. The third-order valence-electron chi connectivity index (χ3n) is 3.54. The van der Waals surface area contributed by atoms with Crippen molar-refractivity contribution in [3.63, 3.8) is 0 Å². The molecule has 0 unspecified atom stereocenters. The van der Waals surface area contributed by atoms with Crippen molar-refractivity contribution in [3.8, 4) is 0 Å². The lowest BCUT2D eigenvalue weighted by Crippen LogP contribution is -2.31. The highest BCUT2D eigenvalue weighted by molar-refractivity contribution is 9.10. The Hall–Kier alpha value is -0.680. The van der Waals surface area contributed by atoms with Crippen LogP contribution in [0.4, 0.5) is 5.82 Å². The van der Waals surface area contributed by atoms with Gasteiger partial charge in [-0.15, -0.1) is 0 Å². The van der Waals surface area contributed by atoms with Crippen LogP contribution in [0, 0.1) is 0 Å². The molecule has 1 N–H and O–H groups in total. The summed E-state index contributed by atoms with van der Waals surface area (Å²) >= 11 is 3.47. The number of halogens is 1. The molecule has 0 spiro atoms. The molecule has 0 bridgehead atoms. The Labute approximate surface area is 130 Å². The first-order chi connectivity index (χ1) is 9.40. The molecule has 1 saturated carbocycles. The summed E-state index contributed by atoms with van der Waals surface area (Å²) < 4.78 is 0.842. The largest absolute Gasteiger partial charge is 0.369 e. The van der Waals surface area contributed by atoms with E-state index in [-0.39, 0.29) is 5.41 Å². The summed E-state index contributed by atoms with van der Waals surface area (Å²) in [5.74, 6) is 1.77. The van der Waals surface area contributed by atoms with Crippen LogP contribution >= 0.6 is 15.9 Å². The molecule has 1 heterocycles. The minimum Gasteiger partial charge on any atom is -0.369 e. The number of anilines is 1. The first-order valence-electron chi connectivity index (χ1n) is 7.43. The summed E-state index contributed by atoms with van der Waals surface area (Å²) in [6, 6.07) is 2.77. The smallest absolute Gasteiger partial charge is 0.137 e. The molecule has 1 aliphatic carbocycles. The van der Waals surface area contributed by atoms with Gasteiger partial charge in [0, 0.05) is 30.6 Å². The third kappa shape index (κ3) is 4.42. The van der Waals surface area contributed by atoms with Crippen molar-refractivity contribution in [1.29, 1.82) is 0 Å². The molecular weight excluding hydrogens is 316 g/mol. The normalized spacial score (nSPS) is 15.7. The first kappa shape index (κ1) is 15.7. The minimum atomic E-state index is -0.0380. The van der Waals surface area contributed by atoms with Crippen LogP contribution < -0.4 is 5.32 Å². The van der Waals surface area contributed by atoms with Crippen molar-refractivity contribution in [1.82, 2.24) is 14.9 Å². The molecule has 0 atom stereocenters. The van der Waals surface area contributed by atoms with Crippen LogP contribution in [0.3, 0.4) is 0 Å². The fourth-order valence-corrected chi connectivity index (χ4v) is 2.59. The third-order valence-corrected chi connectivity index (χ3v) is 3.95. The maximum Gasteiger partial charge on any atom is 0.137 e. The lowest BCUT2D eigenvalue weighted by atomic mass is 9.96. The molecule has 112 valence electrons. The minimum absolute atomic E-state index is 0.0380. The highest BCUT2D eigenvalue weighted by Gasteiger charge is 2.27. The molecule has 0 saturated heterocycles. The summed E-state index contributed by atoms with van der Waals surface area (Å²) in [6.45, 7) is 11.8. The van der Waals surface area contributed by atoms with Gasteiger partial charge < -0.3 is 5.32 Å². The Bertz CT molecular complexity index is 452. The van der Waals surface area contributed by atoms with E-state index in [0.717, 1.165) is 41.9 Å². The van der Waals surface area contributed by atoms with Crippen molar-refractivity contribution in [2.45, 2.75) is 52.0 Å². The zero-order valence-electron chi connectivity index (χ0n) is 12.9. The second kappa shape index (κ2) is 6.39. The summed E-state index contributed by atoms with van der Waals surface area (Å²) in [5.41, 5.74) is -0.0380. The predicted octanol–water partition coefficient (Wildman–Crippen LogP) is 3.43. The molecule has 4 nitrogen and oxygen atoms in total. The van der Waals surface area contributed by atoms with Gasteiger partial charge in [0.2, 0.25) is 0 Å². The van der Waals surface area contributed by atoms with Gasteiger partial charge >= 0.3 is 0 Å². The first-order valence-corrected chi connectivity index (χ1v) is 8.22. The number of rotatable bonds is 6. The van der Waals surface area contributed by atoms with Crippen LogP contribution in [0.5, 0.6) is 0 Å². The van der Waals surface area contributed by atoms with Crippen molar-refractivity contribution in [2.75, 3.05) is 25.0 Å². The number of likely N-dealkylation sites (N-methyl/N-ethyl adjacent to an activating group) is 1. The molecular formula is C15H25BrN4. The number of hydrogen-bond donors (Lipinski definition) is 1. The van der Waals surface area contributed by atoms with Gasteiger partial charge in [0.1, 0.15) is 16.2 Å². The van der Waals surface area contributed by atoms with Gasteiger partial charge in [-0.1, -0.05) is 27.7 Å². The molecule has 0 aliphatic heterocycles. The van der Waals surface area contributed by atoms with Crippen molar-refractivity contribution >= 4 is 21.7 Å². The second-order valence-corrected chi connectivity index (χ2v) is 7.25. The van der Waals surface area contributed by atoms with E-state index in [2.05, 4.69) is 63.8 Å². The zero-order chi connectivity index (χ0) is 14.8. The number of hydrogen-bond acceptors (Lipinski definition) is 4.